The van der Waals surface area contributed by atoms with Crippen molar-refractivity contribution in [2.24, 2.45) is 0 Å². The molecule has 0 aromatic carbocycles. The van der Waals surface area contributed by atoms with Crippen molar-refractivity contribution in [1.29, 1.82) is 5.26 Å². The van der Waals surface area contributed by atoms with E-state index >= 15 is 0 Å². The van der Waals surface area contributed by atoms with Crippen LogP contribution in [0.2, 0.25) is 0 Å². The molecule has 3 nitrogen and oxygen atoms in total. The first-order valence-corrected chi connectivity index (χ1v) is 1.86. The molecule has 1 N–H and O–H groups in total. The molecule has 0 bridgehead atoms. The second-order valence-electron chi connectivity index (χ2n) is 1.71. The molecule has 0 saturated heterocycles. The fourth-order valence-corrected chi connectivity index (χ4v) is 0.0204. The van der Waals surface area contributed by atoms with Crippen molar-refractivity contribution < 1.29 is 10.1 Å². The molecule has 0 rings (SSSR count). The summed E-state index contributed by atoms with van der Waals surface area (Å²) in [5.74, 6) is 0. The Morgan fingerprint density at radius 2 is 2.00 bits per heavy atom. The van der Waals surface area contributed by atoms with Crippen molar-refractivity contribution in [3.63, 3.8) is 0 Å². The fraction of sp³-hybridized carbons (Fsp3) is 0.750. The molecule has 0 amide bonds. The number of hydrogen-bond acceptors (Lipinski definition) is 3. The van der Waals surface area contributed by atoms with Gasteiger partial charge in [-0.2, -0.15) is 5.26 Å². The summed E-state index contributed by atoms with van der Waals surface area (Å²) in [5, 5.41) is 15.9. The van der Waals surface area contributed by atoms with Crippen LogP contribution in [0, 0.1) is 11.3 Å². The second-order valence-corrected chi connectivity index (χ2v) is 1.71. The van der Waals surface area contributed by atoms with E-state index in [-0.39, 0.29) is 51.4 Å². The van der Waals surface area contributed by atoms with Crippen LogP contribution in [0.1, 0.15) is 13.8 Å². The van der Waals surface area contributed by atoms with Crippen LogP contribution in [-0.2, 0) is 4.89 Å². The van der Waals surface area contributed by atoms with Gasteiger partial charge in [-0.05, 0) is 13.8 Å². The van der Waals surface area contributed by atoms with Crippen LogP contribution in [0.3, 0.4) is 0 Å². The Morgan fingerprint density at radius 1 is 1.62 bits per heavy atom. The first-order chi connectivity index (χ1) is 3.12. The first-order valence-electron chi connectivity index (χ1n) is 1.86. The van der Waals surface area contributed by atoms with E-state index in [4.69, 9.17) is 10.5 Å². The minimum absolute atomic E-state index is 0. The van der Waals surface area contributed by atoms with Crippen LogP contribution < -0.4 is 0 Å². The Labute approximate surface area is 91.0 Å². The Hall–Kier alpha value is 1.05. The van der Waals surface area contributed by atoms with Gasteiger partial charge in [0.25, 0.3) is 0 Å². The summed E-state index contributed by atoms with van der Waals surface area (Å²) < 4.78 is 0. The van der Waals surface area contributed by atoms with Gasteiger partial charge in [-0.3, -0.25) is 5.26 Å². The predicted octanol–water partition coefficient (Wildman–Crippen LogP) is 0.130. The van der Waals surface area contributed by atoms with Crippen LogP contribution >= 0.6 is 0 Å². The standard InChI is InChI=1S/C4H7NO2.K.H/c1-4(2,3-5)7-6;;/h6H,1-2H3;;. The predicted molar refractivity (Wildman–Crippen MR) is 30.6 cm³/mol. The number of nitrogens with zero attached hydrogens (tertiary/aromatic N) is 1. The topological polar surface area (TPSA) is 53.2 Å². The van der Waals surface area contributed by atoms with Gasteiger partial charge < -0.3 is 0 Å². The summed E-state index contributed by atoms with van der Waals surface area (Å²) in [5.41, 5.74) is -1.06. The van der Waals surface area contributed by atoms with E-state index in [2.05, 4.69) is 4.89 Å². The molecule has 0 spiro atoms. The van der Waals surface area contributed by atoms with Gasteiger partial charge in [0.2, 0.25) is 0 Å². The Balaban J connectivity index is 0. The molecule has 42 valence electrons. The zero-order valence-electron chi connectivity index (χ0n) is 4.30. The molecule has 4 heteroatoms. The van der Waals surface area contributed by atoms with Gasteiger partial charge in [-0.25, -0.2) is 4.89 Å². The van der Waals surface area contributed by atoms with Crippen molar-refractivity contribution in [2.75, 3.05) is 0 Å². The molecule has 0 atom stereocenters. The van der Waals surface area contributed by atoms with Crippen molar-refractivity contribution in [3.05, 3.63) is 0 Å². The van der Waals surface area contributed by atoms with E-state index in [0.29, 0.717) is 0 Å². The van der Waals surface area contributed by atoms with E-state index in [1.807, 2.05) is 0 Å². The van der Waals surface area contributed by atoms with E-state index in [1.54, 1.807) is 6.07 Å². The van der Waals surface area contributed by atoms with E-state index < -0.39 is 5.60 Å². The van der Waals surface area contributed by atoms with Crippen LogP contribution in [0.5, 0.6) is 0 Å². The third-order valence-corrected chi connectivity index (χ3v) is 0.497. The molecular weight excluding hydrogens is 133 g/mol. The Kier molecular flexibility index (Phi) is 7.20. The molecule has 8 heavy (non-hydrogen) atoms. The van der Waals surface area contributed by atoms with Crippen molar-refractivity contribution >= 4 is 51.4 Å². The van der Waals surface area contributed by atoms with Gasteiger partial charge in [-0.15, -0.1) is 0 Å². The van der Waals surface area contributed by atoms with Crippen molar-refractivity contribution in [2.45, 2.75) is 19.4 Å². The van der Waals surface area contributed by atoms with Crippen LogP contribution in [0.15, 0.2) is 0 Å². The molecule has 0 aliphatic rings. The van der Waals surface area contributed by atoms with Gasteiger partial charge in [0.1, 0.15) is 6.07 Å². The SMILES string of the molecule is CC(C)(C#N)OO.[KH]. The van der Waals surface area contributed by atoms with Crippen molar-refractivity contribution in [3.8, 4) is 6.07 Å². The van der Waals surface area contributed by atoms with Crippen molar-refractivity contribution in [1.82, 2.24) is 0 Å². The third kappa shape index (κ3) is 5.19. The summed E-state index contributed by atoms with van der Waals surface area (Å²) in [6.45, 7) is 2.93. The first kappa shape index (κ1) is 11.8. The maximum atomic E-state index is 8.06. The molecule has 0 aliphatic heterocycles. The number of nitriles is 1. The molecule has 0 aromatic heterocycles. The molecule has 0 aromatic rings. The number of hydrogen-bond donors (Lipinski definition) is 1. The summed E-state index contributed by atoms with van der Waals surface area (Å²) in [6, 6.07) is 1.72. The van der Waals surface area contributed by atoms with Gasteiger partial charge >= 0.3 is 51.4 Å². The molecule has 0 saturated carbocycles. The van der Waals surface area contributed by atoms with E-state index in [0.717, 1.165) is 0 Å². The quantitative estimate of drug-likeness (QED) is 0.321. The van der Waals surface area contributed by atoms with Gasteiger partial charge in [0, 0.05) is 0 Å². The monoisotopic (exact) mass is 141 g/mol. The molecule has 0 aliphatic carbocycles. The maximum absolute atomic E-state index is 8.06. The summed E-state index contributed by atoms with van der Waals surface area (Å²) in [4.78, 5) is 3.73. The summed E-state index contributed by atoms with van der Waals surface area (Å²) in [6.07, 6.45) is 0. The Bertz CT molecular complexity index is 96.7. The zero-order chi connectivity index (χ0) is 5.91. The average Bonchev–Trinajstić information content (AvgIpc) is 1.68. The minimum atomic E-state index is -1.06. The normalized spacial score (nSPS) is 9.25. The molecule has 0 heterocycles. The van der Waals surface area contributed by atoms with E-state index in [1.165, 1.54) is 13.8 Å². The fourth-order valence-electron chi connectivity index (χ4n) is 0.0204. The number of rotatable bonds is 1. The molecule has 0 unspecified atom stereocenters. The zero-order valence-corrected chi connectivity index (χ0v) is 4.30. The molecular formula is C4H8KNO2. The van der Waals surface area contributed by atoms with Gasteiger partial charge in [0.05, 0.1) is 0 Å². The second kappa shape index (κ2) is 4.88. The average molecular weight is 141 g/mol. The molecule has 0 radical (unpaired) electrons. The summed E-state index contributed by atoms with van der Waals surface area (Å²) >= 11 is 0. The summed E-state index contributed by atoms with van der Waals surface area (Å²) in [7, 11) is 0. The van der Waals surface area contributed by atoms with Crippen LogP contribution in [-0.4, -0.2) is 62.2 Å². The third-order valence-electron chi connectivity index (χ3n) is 0.497. The Morgan fingerprint density at radius 3 is 2.00 bits per heavy atom. The van der Waals surface area contributed by atoms with Gasteiger partial charge in [-0.1, -0.05) is 0 Å². The van der Waals surface area contributed by atoms with Crippen LogP contribution in [0.25, 0.3) is 0 Å². The van der Waals surface area contributed by atoms with E-state index in [9.17, 15) is 0 Å². The van der Waals surface area contributed by atoms with Gasteiger partial charge in [0.15, 0.2) is 5.60 Å². The molecule has 0 fully saturated rings. The van der Waals surface area contributed by atoms with Crippen LogP contribution in [0.4, 0.5) is 0 Å².